The van der Waals surface area contributed by atoms with Gasteiger partial charge in [-0.1, -0.05) is 50.2 Å². The van der Waals surface area contributed by atoms with Crippen LogP contribution in [0, 0.1) is 0 Å². The van der Waals surface area contributed by atoms with Gasteiger partial charge in [0.05, 0.1) is 6.04 Å². The molecule has 0 saturated carbocycles. The molecule has 19 heavy (non-hydrogen) atoms. The van der Waals surface area contributed by atoms with E-state index in [1.54, 1.807) is 0 Å². The minimum atomic E-state index is -0.0591. The van der Waals surface area contributed by atoms with E-state index in [0.29, 0.717) is 0 Å². The standard InChI is InChI=1S/C17H21NO/c1-4-18(5-2)13(3)17(19)16-11-10-14-8-6-7-9-15(14)12-16/h6-13H,4-5H2,1-3H3. The number of rotatable bonds is 5. The van der Waals surface area contributed by atoms with Gasteiger partial charge >= 0.3 is 0 Å². The first kappa shape index (κ1) is 13.8. The third-order valence-corrected chi connectivity index (χ3v) is 3.77. The van der Waals surface area contributed by atoms with Crippen LogP contribution in [0.15, 0.2) is 42.5 Å². The van der Waals surface area contributed by atoms with Crippen molar-refractivity contribution in [1.29, 1.82) is 0 Å². The molecule has 0 aliphatic rings. The number of benzene rings is 2. The molecule has 0 radical (unpaired) electrons. The number of carbonyl (C=O) groups is 1. The van der Waals surface area contributed by atoms with Crippen molar-refractivity contribution >= 4 is 16.6 Å². The van der Waals surface area contributed by atoms with Crippen LogP contribution >= 0.6 is 0 Å². The molecule has 2 nitrogen and oxygen atoms in total. The minimum Gasteiger partial charge on any atom is -0.294 e. The summed E-state index contributed by atoms with van der Waals surface area (Å²) in [5.74, 6) is 0.203. The first-order valence-electron chi connectivity index (χ1n) is 6.94. The molecule has 0 saturated heterocycles. The maximum absolute atomic E-state index is 12.5. The van der Waals surface area contributed by atoms with Gasteiger partial charge in [-0.2, -0.15) is 0 Å². The summed E-state index contributed by atoms with van der Waals surface area (Å²) in [7, 11) is 0. The second-order valence-electron chi connectivity index (χ2n) is 4.82. The summed E-state index contributed by atoms with van der Waals surface area (Å²) >= 11 is 0. The fraction of sp³-hybridized carbons (Fsp3) is 0.353. The molecule has 0 bridgehead atoms. The summed E-state index contributed by atoms with van der Waals surface area (Å²) in [4.78, 5) is 14.7. The first-order valence-corrected chi connectivity index (χ1v) is 6.94. The van der Waals surface area contributed by atoms with E-state index < -0.39 is 0 Å². The van der Waals surface area contributed by atoms with E-state index in [-0.39, 0.29) is 11.8 Å². The molecule has 2 heteroatoms. The molecular formula is C17H21NO. The third kappa shape index (κ3) is 2.85. The molecule has 0 aliphatic carbocycles. The van der Waals surface area contributed by atoms with Gasteiger partial charge in [0, 0.05) is 5.56 Å². The zero-order valence-electron chi connectivity index (χ0n) is 11.9. The van der Waals surface area contributed by atoms with Gasteiger partial charge in [-0.3, -0.25) is 9.69 Å². The fourth-order valence-corrected chi connectivity index (χ4v) is 2.52. The van der Waals surface area contributed by atoms with E-state index in [4.69, 9.17) is 0 Å². The molecule has 2 rings (SSSR count). The average molecular weight is 255 g/mol. The molecule has 2 aromatic rings. The molecule has 0 N–H and O–H groups in total. The van der Waals surface area contributed by atoms with Crippen molar-refractivity contribution in [3.8, 4) is 0 Å². The molecule has 1 atom stereocenters. The Morgan fingerprint density at radius 3 is 2.32 bits per heavy atom. The Morgan fingerprint density at radius 2 is 1.68 bits per heavy atom. The Bertz CT molecular complexity index is 572. The molecule has 2 aromatic carbocycles. The Kier molecular flexibility index (Phi) is 4.33. The van der Waals surface area contributed by atoms with Crippen molar-refractivity contribution in [3.05, 3.63) is 48.0 Å². The Labute approximate surface area is 115 Å². The van der Waals surface area contributed by atoms with Crippen LogP contribution < -0.4 is 0 Å². The highest BCUT2D eigenvalue weighted by Crippen LogP contribution is 2.17. The Balaban J connectivity index is 2.30. The zero-order chi connectivity index (χ0) is 13.8. The number of Topliss-reactive ketones (excluding diaryl/α,β-unsaturated/α-hetero) is 1. The fourth-order valence-electron chi connectivity index (χ4n) is 2.52. The van der Waals surface area contributed by atoms with Crippen LogP contribution in [0.3, 0.4) is 0 Å². The number of ketones is 1. The summed E-state index contributed by atoms with van der Waals surface area (Å²) < 4.78 is 0. The number of hydrogen-bond acceptors (Lipinski definition) is 2. The van der Waals surface area contributed by atoms with Crippen molar-refractivity contribution in [3.63, 3.8) is 0 Å². The van der Waals surface area contributed by atoms with Crippen LogP contribution in [0.2, 0.25) is 0 Å². The monoisotopic (exact) mass is 255 g/mol. The van der Waals surface area contributed by atoms with Crippen LogP contribution in [-0.4, -0.2) is 29.8 Å². The number of likely N-dealkylation sites (N-methyl/N-ethyl adjacent to an activating group) is 1. The summed E-state index contributed by atoms with van der Waals surface area (Å²) in [6.07, 6.45) is 0. The highest BCUT2D eigenvalue weighted by Gasteiger charge is 2.20. The van der Waals surface area contributed by atoms with Crippen LogP contribution in [0.25, 0.3) is 10.8 Å². The predicted molar refractivity (Wildman–Crippen MR) is 80.7 cm³/mol. The summed E-state index contributed by atoms with van der Waals surface area (Å²) in [6, 6.07) is 14.0. The lowest BCUT2D eigenvalue weighted by molar-refractivity contribution is 0.0851. The van der Waals surface area contributed by atoms with Crippen molar-refractivity contribution in [2.24, 2.45) is 0 Å². The second kappa shape index (κ2) is 5.98. The van der Waals surface area contributed by atoms with Gasteiger partial charge < -0.3 is 0 Å². The second-order valence-corrected chi connectivity index (χ2v) is 4.82. The number of nitrogens with zero attached hydrogens (tertiary/aromatic N) is 1. The van der Waals surface area contributed by atoms with Crippen LogP contribution in [0.4, 0.5) is 0 Å². The molecule has 0 spiro atoms. The van der Waals surface area contributed by atoms with Crippen LogP contribution in [-0.2, 0) is 0 Å². The van der Waals surface area contributed by atoms with E-state index in [9.17, 15) is 4.79 Å². The maximum atomic E-state index is 12.5. The molecule has 0 fully saturated rings. The van der Waals surface area contributed by atoms with E-state index in [1.165, 1.54) is 5.39 Å². The Morgan fingerprint density at radius 1 is 1.05 bits per heavy atom. The minimum absolute atomic E-state index is 0.0591. The van der Waals surface area contributed by atoms with Crippen LogP contribution in [0.1, 0.15) is 31.1 Å². The lowest BCUT2D eigenvalue weighted by Gasteiger charge is -2.25. The highest BCUT2D eigenvalue weighted by molar-refractivity contribution is 6.02. The smallest absolute Gasteiger partial charge is 0.179 e. The SMILES string of the molecule is CCN(CC)C(C)C(=O)c1ccc2ccccc2c1. The molecule has 0 amide bonds. The summed E-state index contributed by atoms with van der Waals surface area (Å²) in [6.45, 7) is 7.97. The third-order valence-electron chi connectivity index (χ3n) is 3.77. The van der Waals surface area contributed by atoms with Gasteiger partial charge in [0.15, 0.2) is 5.78 Å². The largest absolute Gasteiger partial charge is 0.294 e. The molecule has 0 heterocycles. The zero-order valence-corrected chi connectivity index (χ0v) is 11.9. The Hall–Kier alpha value is -1.67. The number of fused-ring (bicyclic) bond motifs is 1. The lowest BCUT2D eigenvalue weighted by Crippen LogP contribution is -2.38. The lowest BCUT2D eigenvalue weighted by atomic mass is 10.0. The topological polar surface area (TPSA) is 20.3 Å². The normalized spacial score (nSPS) is 12.8. The van der Waals surface area contributed by atoms with E-state index in [1.807, 2.05) is 43.3 Å². The van der Waals surface area contributed by atoms with E-state index >= 15 is 0 Å². The van der Waals surface area contributed by atoms with Crippen molar-refractivity contribution in [1.82, 2.24) is 4.90 Å². The average Bonchev–Trinajstić information content (AvgIpc) is 2.47. The molecule has 1 unspecified atom stereocenters. The summed E-state index contributed by atoms with van der Waals surface area (Å²) in [5, 5.41) is 2.30. The van der Waals surface area contributed by atoms with Gasteiger partial charge in [-0.05, 0) is 36.9 Å². The molecular weight excluding hydrogens is 234 g/mol. The molecule has 0 aliphatic heterocycles. The van der Waals surface area contributed by atoms with Crippen molar-refractivity contribution in [2.45, 2.75) is 26.8 Å². The number of carbonyl (C=O) groups excluding carboxylic acids is 1. The molecule has 100 valence electrons. The predicted octanol–water partition coefficient (Wildman–Crippen LogP) is 3.75. The van der Waals surface area contributed by atoms with Crippen molar-refractivity contribution < 1.29 is 4.79 Å². The van der Waals surface area contributed by atoms with Gasteiger partial charge in [0.1, 0.15) is 0 Å². The highest BCUT2D eigenvalue weighted by atomic mass is 16.1. The van der Waals surface area contributed by atoms with E-state index in [0.717, 1.165) is 24.0 Å². The van der Waals surface area contributed by atoms with Gasteiger partial charge in [-0.25, -0.2) is 0 Å². The van der Waals surface area contributed by atoms with Crippen LogP contribution in [0.5, 0.6) is 0 Å². The van der Waals surface area contributed by atoms with Gasteiger partial charge in [0.2, 0.25) is 0 Å². The van der Waals surface area contributed by atoms with Crippen molar-refractivity contribution in [2.75, 3.05) is 13.1 Å². The summed E-state index contributed by atoms with van der Waals surface area (Å²) in [5.41, 5.74) is 0.804. The maximum Gasteiger partial charge on any atom is 0.179 e. The molecule has 0 aromatic heterocycles. The van der Waals surface area contributed by atoms with Gasteiger partial charge in [0.25, 0.3) is 0 Å². The number of hydrogen-bond donors (Lipinski definition) is 0. The van der Waals surface area contributed by atoms with E-state index in [2.05, 4.69) is 24.8 Å². The van der Waals surface area contributed by atoms with Gasteiger partial charge in [-0.15, -0.1) is 0 Å². The first-order chi connectivity index (χ1) is 9.17. The quantitative estimate of drug-likeness (QED) is 0.758.